The highest BCUT2D eigenvalue weighted by atomic mass is 79.9. The average Bonchev–Trinajstić information content (AvgIpc) is 3.08. The van der Waals surface area contributed by atoms with Crippen molar-refractivity contribution in [2.75, 3.05) is 12.3 Å². The van der Waals surface area contributed by atoms with Crippen molar-refractivity contribution in [1.29, 1.82) is 0 Å². The van der Waals surface area contributed by atoms with E-state index < -0.39 is 5.82 Å². The number of carbonyl (C=O) groups is 1. The molecule has 0 aliphatic carbocycles. The first-order chi connectivity index (χ1) is 12.9. The molecule has 0 aliphatic rings. The number of hydrogen-bond donors (Lipinski definition) is 5. The minimum atomic E-state index is -0.425. The summed E-state index contributed by atoms with van der Waals surface area (Å²) in [5, 5.41) is 17.1. The lowest BCUT2D eigenvalue weighted by Gasteiger charge is -2.03. The summed E-state index contributed by atoms with van der Waals surface area (Å²) in [6.07, 6.45) is 0.250. The molecule has 11 nitrogen and oxygen atoms in total. The van der Waals surface area contributed by atoms with Crippen molar-refractivity contribution in [2.45, 2.75) is 5.03 Å². The molecular weight excluding hydrogens is 447 g/mol. The first-order valence-electron chi connectivity index (χ1n) is 7.03. The van der Waals surface area contributed by atoms with Crippen LogP contribution in [0.15, 0.2) is 42.3 Å². The van der Waals surface area contributed by atoms with Crippen molar-refractivity contribution in [1.82, 2.24) is 15.8 Å². The highest BCUT2D eigenvalue weighted by Crippen LogP contribution is 2.24. The Labute approximate surface area is 165 Å². The van der Waals surface area contributed by atoms with E-state index in [-0.39, 0.29) is 28.4 Å². The second-order valence-corrected chi connectivity index (χ2v) is 6.32. The molecule has 0 unspecified atom stereocenters. The number of rotatable bonds is 6. The Hall–Kier alpha value is -2.71. The molecule has 0 aliphatic heterocycles. The molecule has 0 radical (unpaired) electrons. The van der Waals surface area contributed by atoms with E-state index in [0.29, 0.717) is 23.0 Å². The van der Waals surface area contributed by atoms with Gasteiger partial charge in [0.25, 0.3) is 0 Å². The Morgan fingerprint density at radius 2 is 2.15 bits per heavy atom. The Bertz CT molecular complexity index is 813. The maximum atomic E-state index is 13.3. The maximum absolute atomic E-state index is 13.3. The molecule has 0 saturated carbocycles. The molecular formula is C13H16BrFN8O3S. The van der Waals surface area contributed by atoms with Crippen LogP contribution in [0.4, 0.5) is 10.1 Å². The highest BCUT2D eigenvalue weighted by molar-refractivity contribution is 9.10. The second kappa shape index (κ2) is 11.8. The van der Waals surface area contributed by atoms with Gasteiger partial charge in [0.05, 0.1) is 16.7 Å². The van der Waals surface area contributed by atoms with E-state index in [1.165, 1.54) is 30.0 Å². The number of hydrogen-bond acceptors (Lipinski definition) is 8. The van der Waals surface area contributed by atoms with Crippen LogP contribution in [0.5, 0.6) is 0 Å². The van der Waals surface area contributed by atoms with Gasteiger partial charge < -0.3 is 17.2 Å². The zero-order valence-corrected chi connectivity index (χ0v) is 16.1. The van der Waals surface area contributed by atoms with E-state index in [0.717, 1.165) is 0 Å². The van der Waals surface area contributed by atoms with E-state index in [1.54, 1.807) is 0 Å². The number of aliphatic imine (C=N–C) groups is 2. The molecule has 0 fully saturated rings. The molecule has 2 aromatic rings. The fourth-order valence-corrected chi connectivity index (χ4v) is 2.65. The van der Waals surface area contributed by atoms with Gasteiger partial charge in [-0.05, 0) is 44.4 Å². The topological polar surface area (TPSA) is 191 Å². The van der Waals surface area contributed by atoms with Crippen LogP contribution in [0.3, 0.4) is 0 Å². The Balaban J connectivity index is 0.00000114. The van der Waals surface area contributed by atoms with Crippen molar-refractivity contribution in [3.8, 4) is 0 Å². The van der Waals surface area contributed by atoms with E-state index in [9.17, 15) is 9.60 Å². The van der Waals surface area contributed by atoms with Crippen molar-refractivity contribution in [3.05, 3.63) is 34.2 Å². The number of primary amides is 1. The number of thioether (sulfide) groups is 1. The first kappa shape index (κ1) is 22.3. The number of guanidine groups is 1. The quantitative estimate of drug-likeness (QED) is 0.101. The summed E-state index contributed by atoms with van der Waals surface area (Å²) < 4.78 is 18.2. The van der Waals surface area contributed by atoms with E-state index in [2.05, 4.69) is 46.6 Å². The summed E-state index contributed by atoms with van der Waals surface area (Å²) in [6, 6.07) is 4.13. The van der Waals surface area contributed by atoms with Crippen LogP contribution < -0.4 is 22.7 Å². The number of nitrogens with two attached hydrogens (primary N) is 3. The predicted molar refractivity (Wildman–Crippen MR) is 101 cm³/mol. The third kappa shape index (κ3) is 7.59. The molecule has 0 spiro atoms. The van der Waals surface area contributed by atoms with Crippen LogP contribution in [-0.4, -0.2) is 46.0 Å². The van der Waals surface area contributed by atoms with E-state index in [1.807, 2.05) is 5.48 Å². The van der Waals surface area contributed by atoms with Gasteiger partial charge >= 0.3 is 0 Å². The summed E-state index contributed by atoms with van der Waals surface area (Å²) in [5.74, 6) is 0.0841. The van der Waals surface area contributed by atoms with Gasteiger partial charge in [-0.3, -0.25) is 20.5 Å². The number of nitrogens with one attached hydrogen (secondary N) is 1. The molecule has 8 N–H and O–H groups in total. The van der Waals surface area contributed by atoms with Crippen LogP contribution in [0, 0.1) is 5.82 Å². The van der Waals surface area contributed by atoms with Gasteiger partial charge in [-0.1, -0.05) is 11.8 Å². The predicted octanol–water partition coefficient (Wildman–Crippen LogP) is 0.495. The normalized spacial score (nSPS) is 10.6. The zero-order valence-electron chi connectivity index (χ0n) is 13.7. The van der Waals surface area contributed by atoms with Gasteiger partial charge in [0.1, 0.15) is 5.82 Å². The van der Waals surface area contributed by atoms with Crippen LogP contribution in [0.2, 0.25) is 0 Å². The van der Waals surface area contributed by atoms with Crippen molar-refractivity contribution >= 4 is 51.6 Å². The Morgan fingerprint density at radius 1 is 1.44 bits per heavy atom. The van der Waals surface area contributed by atoms with Crippen LogP contribution >= 0.6 is 27.7 Å². The minimum absolute atomic E-state index is 0.000835. The number of carbonyl (C=O) groups excluding carboxylic acids is 1. The molecule has 0 atom stereocenters. The number of amidine groups is 1. The molecule has 1 heterocycles. The van der Waals surface area contributed by atoms with Crippen molar-refractivity contribution in [2.24, 2.45) is 27.2 Å². The lowest BCUT2D eigenvalue weighted by molar-refractivity contribution is -0.106. The maximum Gasteiger partial charge on any atom is 0.204 e. The summed E-state index contributed by atoms with van der Waals surface area (Å²) in [5.41, 5.74) is 17.2. The van der Waals surface area contributed by atoms with Gasteiger partial charge in [-0.2, -0.15) is 0 Å². The van der Waals surface area contributed by atoms with Crippen LogP contribution in [0.1, 0.15) is 5.69 Å². The molecule has 146 valence electrons. The molecule has 1 aromatic heterocycles. The average molecular weight is 463 g/mol. The lowest BCUT2D eigenvalue weighted by atomic mass is 10.3. The van der Waals surface area contributed by atoms with Crippen LogP contribution in [-0.2, 0) is 4.79 Å². The standard InChI is InChI=1S/C12H13BrFN7O2S.CH3NO/c13-7-5-6(1-2-8(7)14)18-10(19-22)9-11(21-23-20-9)24-4-3-17-12(15)16;2-1-3/h1-2,5,22H,3-4H2,(H,18,19)(H4,15,16,17);1H,(H2,2,3). The summed E-state index contributed by atoms with van der Waals surface area (Å²) in [4.78, 5) is 16.6. The number of benzene rings is 1. The van der Waals surface area contributed by atoms with Gasteiger partial charge in [0, 0.05) is 5.75 Å². The molecule has 2 rings (SSSR count). The van der Waals surface area contributed by atoms with Crippen LogP contribution in [0.25, 0.3) is 0 Å². The van der Waals surface area contributed by atoms with Gasteiger partial charge in [-0.25, -0.2) is 14.0 Å². The van der Waals surface area contributed by atoms with Gasteiger partial charge in [0.2, 0.25) is 6.41 Å². The van der Waals surface area contributed by atoms with E-state index >= 15 is 0 Å². The van der Waals surface area contributed by atoms with Gasteiger partial charge in [-0.15, -0.1) is 0 Å². The lowest BCUT2D eigenvalue weighted by Crippen LogP contribution is -2.23. The number of nitrogens with zero attached hydrogens (tertiary/aromatic N) is 4. The smallest absolute Gasteiger partial charge is 0.204 e. The minimum Gasteiger partial charge on any atom is -0.372 e. The largest absolute Gasteiger partial charge is 0.372 e. The highest BCUT2D eigenvalue weighted by Gasteiger charge is 2.17. The molecule has 0 bridgehead atoms. The Morgan fingerprint density at radius 3 is 2.74 bits per heavy atom. The number of halogens is 2. The van der Waals surface area contributed by atoms with Crippen molar-refractivity contribution in [3.63, 3.8) is 0 Å². The monoisotopic (exact) mass is 462 g/mol. The molecule has 1 amide bonds. The first-order valence-corrected chi connectivity index (χ1v) is 8.81. The number of hydroxylamine groups is 1. The summed E-state index contributed by atoms with van der Waals surface area (Å²) in [7, 11) is 0. The van der Waals surface area contributed by atoms with E-state index in [4.69, 9.17) is 16.3 Å². The summed E-state index contributed by atoms with van der Waals surface area (Å²) in [6.45, 7) is 0.378. The third-order valence-electron chi connectivity index (χ3n) is 2.56. The molecule has 0 saturated heterocycles. The SMILES string of the molecule is NC(N)=NCCSc1nonc1C(=Nc1ccc(F)c(Br)c1)NO.NC=O. The molecule has 27 heavy (non-hydrogen) atoms. The molecule has 1 aromatic carbocycles. The fourth-order valence-electron chi connectivity index (χ4n) is 1.55. The van der Waals surface area contributed by atoms with Gasteiger partial charge in [0.15, 0.2) is 22.5 Å². The Kier molecular flexibility index (Phi) is 9.78. The zero-order chi connectivity index (χ0) is 20.2. The number of amides is 1. The summed E-state index contributed by atoms with van der Waals surface area (Å²) >= 11 is 4.33. The fraction of sp³-hybridized carbons (Fsp3) is 0.154. The second-order valence-electron chi connectivity index (χ2n) is 4.38. The van der Waals surface area contributed by atoms with Crippen molar-refractivity contribution < 1.29 is 19.0 Å². The third-order valence-corrected chi connectivity index (χ3v) is 4.09. The number of aromatic nitrogens is 2. The molecule has 14 heteroatoms.